The molecule has 1 amide bonds. The Kier molecular flexibility index (Phi) is 8.24. The van der Waals surface area contributed by atoms with Gasteiger partial charge in [0.25, 0.3) is 5.91 Å². The SMILES string of the molecule is CCc1c(C(=O)N(C)CCC(N)C(C)C)cnn1-c1ccc(F)cc1.Cl. The standard InChI is InChI=1S/C19H27FN4O.ClH/c1-5-18-16(19(25)23(4)11-10-17(21)13(2)3)12-22-24(18)15-8-6-14(20)7-9-15;/h6-9,12-13,17H,5,10-11,21H2,1-4H3;1H. The number of halogens is 2. The second kappa shape index (κ2) is 9.69. The molecule has 0 saturated carbocycles. The maximum atomic E-state index is 13.1. The van der Waals surface area contributed by atoms with E-state index in [0.29, 0.717) is 24.4 Å². The average Bonchev–Trinajstić information content (AvgIpc) is 3.02. The maximum absolute atomic E-state index is 13.1. The van der Waals surface area contributed by atoms with Gasteiger partial charge in [-0.25, -0.2) is 9.07 Å². The van der Waals surface area contributed by atoms with Crippen LogP contribution in [-0.2, 0) is 6.42 Å². The zero-order valence-corrected chi connectivity index (χ0v) is 16.6. The largest absolute Gasteiger partial charge is 0.342 e. The number of nitrogens with two attached hydrogens (primary N) is 1. The topological polar surface area (TPSA) is 64.2 Å². The van der Waals surface area contributed by atoms with Crippen LogP contribution in [0.5, 0.6) is 0 Å². The van der Waals surface area contributed by atoms with Crippen molar-refractivity contribution in [1.29, 1.82) is 0 Å². The predicted octanol–water partition coefficient (Wildman–Crippen LogP) is 3.44. The average molecular weight is 383 g/mol. The summed E-state index contributed by atoms with van der Waals surface area (Å²) in [6, 6.07) is 6.15. The summed E-state index contributed by atoms with van der Waals surface area (Å²) in [6.45, 7) is 6.73. The number of benzene rings is 1. The van der Waals surface area contributed by atoms with Gasteiger partial charge in [-0.05, 0) is 43.0 Å². The summed E-state index contributed by atoms with van der Waals surface area (Å²) < 4.78 is 14.8. The van der Waals surface area contributed by atoms with Gasteiger partial charge >= 0.3 is 0 Å². The van der Waals surface area contributed by atoms with Crippen molar-refractivity contribution in [3.05, 3.63) is 47.5 Å². The van der Waals surface area contributed by atoms with Gasteiger partial charge in [-0.1, -0.05) is 20.8 Å². The smallest absolute Gasteiger partial charge is 0.257 e. The summed E-state index contributed by atoms with van der Waals surface area (Å²) in [5.74, 6) is 0.0172. The zero-order valence-electron chi connectivity index (χ0n) is 15.8. The lowest BCUT2D eigenvalue weighted by Gasteiger charge is -2.21. The Morgan fingerprint density at radius 2 is 1.92 bits per heavy atom. The van der Waals surface area contributed by atoms with Crippen LogP contribution in [0.15, 0.2) is 30.5 Å². The Balaban J connectivity index is 0.00000338. The van der Waals surface area contributed by atoms with Gasteiger partial charge in [0.15, 0.2) is 0 Å². The molecule has 1 atom stereocenters. The van der Waals surface area contributed by atoms with Crippen molar-refractivity contribution in [2.45, 2.75) is 39.7 Å². The molecule has 0 radical (unpaired) electrons. The third-order valence-corrected chi connectivity index (χ3v) is 4.51. The van der Waals surface area contributed by atoms with Gasteiger partial charge in [0, 0.05) is 19.6 Å². The molecular weight excluding hydrogens is 355 g/mol. The first kappa shape index (κ1) is 22.1. The highest BCUT2D eigenvalue weighted by Gasteiger charge is 2.21. The quantitative estimate of drug-likeness (QED) is 0.797. The van der Waals surface area contributed by atoms with Gasteiger partial charge in [-0.2, -0.15) is 5.10 Å². The first-order valence-electron chi connectivity index (χ1n) is 8.69. The number of amides is 1. The van der Waals surface area contributed by atoms with E-state index in [1.54, 1.807) is 35.0 Å². The van der Waals surface area contributed by atoms with Crippen molar-refractivity contribution in [3.8, 4) is 5.69 Å². The van der Waals surface area contributed by atoms with E-state index in [1.807, 2.05) is 6.92 Å². The predicted molar refractivity (Wildman–Crippen MR) is 105 cm³/mol. The first-order chi connectivity index (χ1) is 11.8. The second-order valence-corrected chi connectivity index (χ2v) is 6.67. The minimum atomic E-state index is -0.300. The molecule has 5 nitrogen and oxygen atoms in total. The Morgan fingerprint density at radius 1 is 1.31 bits per heavy atom. The summed E-state index contributed by atoms with van der Waals surface area (Å²) in [6.07, 6.45) is 2.99. The fourth-order valence-corrected chi connectivity index (χ4v) is 2.68. The number of carbonyl (C=O) groups excluding carboxylic acids is 1. The second-order valence-electron chi connectivity index (χ2n) is 6.67. The molecule has 0 saturated heterocycles. The van der Waals surface area contributed by atoms with E-state index in [1.165, 1.54) is 12.1 Å². The third kappa shape index (κ3) is 5.05. The number of carbonyl (C=O) groups is 1. The van der Waals surface area contributed by atoms with Crippen molar-refractivity contribution in [2.24, 2.45) is 11.7 Å². The number of hydrogen-bond donors (Lipinski definition) is 1. The molecule has 7 heteroatoms. The van der Waals surface area contributed by atoms with E-state index in [2.05, 4.69) is 18.9 Å². The third-order valence-electron chi connectivity index (χ3n) is 4.51. The number of rotatable bonds is 7. The zero-order chi connectivity index (χ0) is 18.6. The minimum Gasteiger partial charge on any atom is -0.342 e. The fourth-order valence-electron chi connectivity index (χ4n) is 2.68. The molecule has 0 aliphatic heterocycles. The van der Waals surface area contributed by atoms with Crippen LogP contribution in [0.3, 0.4) is 0 Å². The summed E-state index contributed by atoms with van der Waals surface area (Å²) >= 11 is 0. The maximum Gasteiger partial charge on any atom is 0.257 e. The molecule has 1 aromatic heterocycles. The summed E-state index contributed by atoms with van der Waals surface area (Å²) in [5, 5.41) is 4.34. The molecule has 0 bridgehead atoms. The molecule has 1 unspecified atom stereocenters. The Hall–Kier alpha value is -1.92. The van der Waals surface area contributed by atoms with Crippen LogP contribution in [-0.4, -0.2) is 40.2 Å². The van der Waals surface area contributed by atoms with Crippen LogP contribution in [0.25, 0.3) is 5.69 Å². The molecule has 0 aliphatic rings. The highest BCUT2D eigenvalue weighted by molar-refractivity contribution is 5.95. The number of hydrogen-bond acceptors (Lipinski definition) is 3. The van der Waals surface area contributed by atoms with E-state index in [-0.39, 0.29) is 30.2 Å². The molecule has 2 N–H and O–H groups in total. The Labute approximate surface area is 160 Å². The monoisotopic (exact) mass is 382 g/mol. The number of nitrogens with zero attached hydrogens (tertiary/aromatic N) is 3. The van der Waals surface area contributed by atoms with Crippen molar-refractivity contribution >= 4 is 18.3 Å². The molecule has 1 aromatic carbocycles. The Bertz CT molecular complexity index is 715. The van der Waals surface area contributed by atoms with Gasteiger partial charge < -0.3 is 10.6 Å². The minimum absolute atomic E-state index is 0. The van der Waals surface area contributed by atoms with Crippen LogP contribution < -0.4 is 5.73 Å². The number of aromatic nitrogens is 2. The molecule has 0 fully saturated rings. The lowest BCUT2D eigenvalue weighted by atomic mass is 10.0. The normalized spacial score (nSPS) is 12.0. The van der Waals surface area contributed by atoms with Gasteiger partial charge in [0.2, 0.25) is 0 Å². The summed E-state index contributed by atoms with van der Waals surface area (Å²) in [5.41, 5.74) is 8.20. The first-order valence-corrected chi connectivity index (χ1v) is 8.69. The van der Waals surface area contributed by atoms with Crippen LogP contribution in [0.2, 0.25) is 0 Å². The molecular formula is C19H28ClFN4O. The molecule has 26 heavy (non-hydrogen) atoms. The van der Waals surface area contributed by atoms with E-state index in [9.17, 15) is 9.18 Å². The van der Waals surface area contributed by atoms with E-state index < -0.39 is 0 Å². The van der Waals surface area contributed by atoms with Crippen LogP contribution >= 0.6 is 12.4 Å². The van der Waals surface area contributed by atoms with E-state index in [0.717, 1.165) is 17.8 Å². The van der Waals surface area contributed by atoms with Gasteiger partial charge in [0.05, 0.1) is 23.1 Å². The fraction of sp³-hybridized carbons (Fsp3) is 0.474. The van der Waals surface area contributed by atoms with Crippen molar-refractivity contribution in [1.82, 2.24) is 14.7 Å². The van der Waals surface area contributed by atoms with Crippen molar-refractivity contribution < 1.29 is 9.18 Å². The highest BCUT2D eigenvalue weighted by Crippen LogP contribution is 2.18. The van der Waals surface area contributed by atoms with Gasteiger partial charge in [0.1, 0.15) is 5.82 Å². The van der Waals surface area contributed by atoms with Crippen LogP contribution in [0, 0.1) is 11.7 Å². The van der Waals surface area contributed by atoms with Crippen molar-refractivity contribution in [3.63, 3.8) is 0 Å². The molecule has 0 aliphatic carbocycles. The van der Waals surface area contributed by atoms with Crippen LogP contribution in [0.4, 0.5) is 4.39 Å². The molecule has 2 rings (SSSR count). The lowest BCUT2D eigenvalue weighted by molar-refractivity contribution is 0.0788. The molecule has 0 spiro atoms. The van der Waals surface area contributed by atoms with Gasteiger partial charge in [-0.3, -0.25) is 4.79 Å². The van der Waals surface area contributed by atoms with Crippen LogP contribution in [0.1, 0.15) is 43.2 Å². The molecule has 144 valence electrons. The lowest BCUT2D eigenvalue weighted by Crippen LogP contribution is -2.34. The molecule has 1 heterocycles. The summed E-state index contributed by atoms with van der Waals surface area (Å²) in [7, 11) is 1.78. The summed E-state index contributed by atoms with van der Waals surface area (Å²) in [4.78, 5) is 14.5. The van der Waals surface area contributed by atoms with E-state index >= 15 is 0 Å². The highest BCUT2D eigenvalue weighted by atomic mass is 35.5. The van der Waals surface area contributed by atoms with E-state index in [4.69, 9.17) is 5.73 Å². The Morgan fingerprint density at radius 3 is 2.46 bits per heavy atom. The molecule has 2 aromatic rings. The van der Waals surface area contributed by atoms with Crippen molar-refractivity contribution in [2.75, 3.05) is 13.6 Å². The van der Waals surface area contributed by atoms with Gasteiger partial charge in [-0.15, -0.1) is 12.4 Å².